The standard InChI is InChI=1S/C18H16Cl2N2O4/c1-3-25-17(23)15-9(2)21-18(24)22-16(15)14-7-6-13(26-14)11-8-10(19)4-5-12(11)20/h4-8,16H,3H2,1-2H3,(H2,21,22,24). The number of allylic oxidation sites excluding steroid dienone is 1. The molecule has 0 spiro atoms. The third-order valence-electron chi connectivity index (χ3n) is 3.87. The van der Waals surface area contributed by atoms with Gasteiger partial charge in [0.15, 0.2) is 0 Å². The summed E-state index contributed by atoms with van der Waals surface area (Å²) in [6.07, 6.45) is 0. The van der Waals surface area contributed by atoms with Crippen molar-refractivity contribution in [1.82, 2.24) is 10.6 Å². The first-order chi connectivity index (χ1) is 12.4. The topological polar surface area (TPSA) is 80.6 Å². The summed E-state index contributed by atoms with van der Waals surface area (Å²) in [5.41, 5.74) is 1.31. The fourth-order valence-corrected chi connectivity index (χ4v) is 3.11. The van der Waals surface area contributed by atoms with Crippen molar-refractivity contribution < 1.29 is 18.7 Å². The summed E-state index contributed by atoms with van der Waals surface area (Å²) in [7, 11) is 0. The molecule has 0 aliphatic carbocycles. The fraction of sp³-hybridized carbons (Fsp3) is 0.222. The molecule has 2 heterocycles. The van der Waals surface area contributed by atoms with E-state index in [0.29, 0.717) is 32.8 Å². The number of furan rings is 1. The Balaban J connectivity index is 2.01. The van der Waals surface area contributed by atoms with Crippen molar-refractivity contribution in [3.63, 3.8) is 0 Å². The van der Waals surface area contributed by atoms with Crippen LogP contribution in [0.4, 0.5) is 4.79 Å². The summed E-state index contributed by atoms with van der Waals surface area (Å²) in [5, 5.41) is 6.24. The van der Waals surface area contributed by atoms with E-state index in [9.17, 15) is 9.59 Å². The zero-order valence-corrected chi connectivity index (χ0v) is 15.6. The number of nitrogens with one attached hydrogen (secondary N) is 2. The maximum absolute atomic E-state index is 12.3. The number of ether oxygens (including phenoxy) is 1. The van der Waals surface area contributed by atoms with Crippen molar-refractivity contribution in [3.05, 3.63) is 57.4 Å². The van der Waals surface area contributed by atoms with E-state index in [1.54, 1.807) is 44.2 Å². The summed E-state index contributed by atoms with van der Waals surface area (Å²) in [6.45, 7) is 3.57. The van der Waals surface area contributed by atoms with E-state index in [2.05, 4.69) is 10.6 Å². The second-order valence-corrected chi connectivity index (χ2v) is 6.46. The number of carbonyl (C=O) groups is 2. The summed E-state index contributed by atoms with van der Waals surface area (Å²) in [4.78, 5) is 24.2. The van der Waals surface area contributed by atoms with Crippen molar-refractivity contribution in [1.29, 1.82) is 0 Å². The molecular weight excluding hydrogens is 379 g/mol. The van der Waals surface area contributed by atoms with Gasteiger partial charge in [-0.1, -0.05) is 23.2 Å². The van der Waals surface area contributed by atoms with Gasteiger partial charge in [-0.2, -0.15) is 0 Å². The van der Waals surface area contributed by atoms with Crippen molar-refractivity contribution >= 4 is 35.2 Å². The molecule has 2 aromatic rings. The third-order valence-corrected chi connectivity index (χ3v) is 4.43. The van der Waals surface area contributed by atoms with E-state index < -0.39 is 18.0 Å². The molecule has 1 aromatic heterocycles. The molecule has 2 amide bonds. The number of amides is 2. The molecule has 6 nitrogen and oxygen atoms in total. The number of esters is 1. The Labute approximate surface area is 160 Å². The molecule has 8 heteroatoms. The molecule has 1 aliphatic heterocycles. The van der Waals surface area contributed by atoms with Crippen molar-refractivity contribution in [2.24, 2.45) is 0 Å². The highest BCUT2D eigenvalue weighted by Crippen LogP contribution is 2.35. The van der Waals surface area contributed by atoms with Crippen molar-refractivity contribution in [2.75, 3.05) is 6.61 Å². The number of urea groups is 1. The smallest absolute Gasteiger partial charge is 0.338 e. The molecule has 0 radical (unpaired) electrons. The normalized spacial score (nSPS) is 16.9. The van der Waals surface area contributed by atoms with Crippen LogP contribution in [0.3, 0.4) is 0 Å². The Morgan fingerprint density at radius 1 is 1.27 bits per heavy atom. The van der Waals surface area contributed by atoms with Crippen LogP contribution in [0.15, 0.2) is 46.0 Å². The zero-order valence-electron chi connectivity index (χ0n) is 14.1. The molecule has 3 rings (SSSR count). The minimum Gasteiger partial charge on any atom is -0.463 e. The van der Waals surface area contributed by atoms with Gasteiger partial charge in [0.05, 0.1) is 17.2 Å². The highest BCUT2D eigenvalue weighted by molar-refractivity contribution is 6.35. The summed E-state index contributed by atoms with van der Waals surface area (Å²) in [6, 6.07) is 7.21. The van der Waals surface area contributed by atoms with Crippen LogP contribution >= 0.6 is 23.2 Å². The lowest BCUT2D eigenvalue weighted by Gasteiger charge is -2.26. The van der Waals surface area contributed by atoms with Gasteiger partial charge in [-0.3, -0.25) is 0 Å². The monoisotopic (exact) mass is 394 g/mol. The number of benzene rings is 1. The summed E-state index contributed by atoms with van der Waals surface area (Å²) in [5.74, 6) is 0.329. The third kappa shape index (κ3) is 3.57. The maximum Gasteiger partial charge on any atom is 0.338 e. The summed E-state index contributed by atoms with van der Waals surface area (Å²) >= 11 is 12.2. The zero-order chi connectivity index (χ0) is 18.8. The molecule has 0 fully saturated rings. The average Bonchev–Trinajstić information content (AvgIpc) is 3.06. The van der Waals surface area contributed by atoms with Gasteiger partial charge in [0.25, 0.3) is 0 Å². The van der Waals surface area contributed by atoms with Crippen LogP contribution in [0.1, 0.15) is 25.6 Å². The number of halogens is 2. The molecule has 0 saturated carbocycles. The lowest BCUT2D eigenvalue weighted by atomic mass is 10.0. The Kier molecular flexibility index (Phi) is 5.25. The second-order valence-electron chi connectivity index (χ2n) is 5.62. The van der Waals surface area contributed by atoms with Gasteiger partial charge in [-0.15, -0.1) is 0 Å². The highest BCUT2D eigenvalue weighted by atomic mass is 35.5. The van der Waals surface area contributed by atoms with Gasteiger partial charge in [-0.05, 0) is 44.2 Å². The van der Waals surface area contributed by atoms with Crippen LogP contribution in [-0.2, 0) is 9.53 Å². The molecular formula is C18H16Cl2N2O4. The Bertz CT molecular complexity index is 904. The number of hydrogen-bond acceptors (Lipinski definition) is 4. The molecule has 2 N–H and O–H groups in total. The van der Waals surface area contributed by atoms with Crippen LogP contribution in [-0.4, -0.2) is 18.6 Å². The van der Waals surface area contributed by atoms with Crippen LogP contribution < -0.4 is 10.6 Å². The van der Waals surface area contributed by atoms with E-state index in [1.165, 1.54) is 0 Å². The van der Waals surface area contributed by atoms with E-state index in [0.717, 1.165) is 0 Å². The van der Waals surface area contributed by atoms with Gasteiger partial charge < -0.3 is 19.8 Å². The Morgan fingerprint density at radius 3 is 2.77 bits per heavy atom. The highest BCUT2D eigenvalue weighted by Gasteiger charge is 2.34. The first-order valence-corrected chi connectivity index (χ1v) is 8.67. The molecule has 1 unspecified atom stereocenters. The van der Waals surface area contributed by atoms with Crippen LogP contribution in [0.5, 0.6) is 0 Å². The Hall–Kier alpha value is -2.44. The number of rotatable bonds is 4. The average molecular weight is 395 g/mol. The fourth-order valence-electron chi connectivity index (χ4n) is 2.73. The SMILES string of the molecule is CCOC(=O)C1=C(C)NC(=O)NC1c1ccc(-c2cc(Cl)ccc2Cl)o1. The molecule has 136 valence electrons. The molecule has 1 aromatic carbocycles. The number of hydrogen-bond donors (Lipinski definition) is 2. The molecule has 26 heavy (non-hydrogen) atoms. The first kappa shape index (κ1) is 18.4. The largest absolute Gasteiger partial charge is 0.463 e. The quantitative estimate of drug-likeness (QED) is 0.750. The molecule has 1 aliphatic rings. The predicted octanol–water partition coefficient (Wildman–Crippen LogP) is 4.44. The first-order valence-electron chi connectivity index (χ1n) is 7.91. The van der Waals surface area contributed by atoms with Gasteiger partial charge in [-0.25, -0.2) is 9.59 Å². The lowest BCUT2D eigenvalue weighted by Crippen LogP contribution is -2.45. The number of carbonyl (C=O) groups excluding carboxylic acids is 2. The van der Waals surface area contributed by atoms with E-state index in [1.807, 2.05) is 0 Å². The van der Waals surface area contributed by atoms with Crippen molar-refractivity contribution in [3.8, 4) is 11.3 Å². The van der Waals surface area contributed by atoms with E-state index >= 15 is 0 Å². The van der Waals surface area contributed by atoms with E-state index in [-0.39, 0.29) is 12.2 Å². The van der Waals surface area contributed by atoms with Gasteiger partial charge in [0.1, 0.15) is 17.6 Å². The molecule has 1 atom stereocenters. The van der Waals surface area contributed by atoms with Gasteiger partial charge >= 0.3 is 12.0 Å². The van der Waals surface area contributed by atoms with Crippen LogP contribution in [0.2, 0.25) is 10.0 Å². The summed E-state index contributed by atoms with van der Waals surface area (Å²) < 4.78 is 11.0. The predicted molar refractivity (Wildman–Crippen MR) is 97.9 cm³/mol. The minimum absolute atomic E-state index is 0.220. The lowest BCUT2D eigenvalue weighted by molar-refractivity contribution is -0.139. The van der Waals surface area contributed by atoms with E-state index in [4.69, 9.17) is 32.4 Å². The minimum atomic E-state index is -0.769. The molecule has 0 bridgehead atoms. The van der Waals surface area contributed by atoms with Crippen LogP contribution in [0, 0.1) is 0 Å². The second kappa shape index (κ2) is 7.43. The Morgan fingerprint density at radius 2 is 2.04 bits per heavy atom. The van der Waals surface area contributed by atoms with Gasteiger partial charge in [0, 0.05) is 16.3 Å². The molecule has 0 saturated heterocycles. The van der Waals surface area contributed by atoms with Crippen molar-refractivity contribution in [2.45, 2.75) is 19.9 Å². The van der Waals surface area contributed by atoms with Crippen LogP contribution in [0.25, 0.3) is 11.3 Å². The van der Waals surface area contributed by atoms with Gasteiger partial charge in [0.2, 0.25) is 0 Å². The maximum atomic E-state index is 12.3.